The predicted molar refractivity (Wildman–Crippen MR) is 64.0 cm³/mol. The van der Waals surface area contributed by atoms with Crippen LogP contribution in [0.2, 0.25) is 0 Å². The van der Waals surface area contributed by atoms with Crippen molar-refractivity contribution in [1.82, 2.24) is 15.2 Å². The predicted octanol–water partition coefficient (Wildman–Crippen LogP) is 1.07. The van der Waals surface area contributed by atoms with E-state index >= 15 is 0 Å². The van der Waals surface area contributed by atoms with E-state index in [1.54, 1.807) is 7.05 Å². The second kappa shape index (κ2) is 6.19. The lowest BCUT2D eigenvalue weighted by atomic mass is 10.4. The van der Waals surface area contributed by atoms with Crippen molar-refractivity contribution in [2.24, 2.45) is 0 Å². The third-order valence-corrected chi connectivity index (χ3v) is 3.03. The van der Waals surface area contributed by atoms with E-state index < -0.39 is 5.97 Å². The summed E-state index contributed by atoms with van der Waals surface area (Å²) in [7, 11) is 1.56. The summed E-state index contributed by atoms with van der Waals surface area (Å²) in [5, 5.41) is 13.9. The number of aryl methyl sites for hydroxylation is 1. The van der Waals surface area contributed by atoms with Crippen LogP contribution in [0.15, 0.2) is 5.38 Å². The van der Waals surface area contributed by atoms with Crippen LogP contribution < -0.4 is 5.32 Å². The van der Waals surface area contributed by atoms with Crippen LogP contribution in [0, 0.1) is 6.92 Å². The molecule has 0 unspecified atom stereocenters. The van der Waals surface area contributed by atoms with Gasteiger partial charge in [-0.3, -0.25) is 4.79 Å². The number of carbonyl (C=O) groups excluding carboxylic acids is 1. The first-order valence-electron chi connectivity index (χ1n) is 5.11. The summed E-state index contributed by atoms with van der Waals surface area (Å²) in [6.45, 7) is 2.45. The highest BCUT2D eigenvalue weighted by Gasteiger charge is 2.10. The Labute approximate surface area is 103 Å². The molecule has 0 aliphatic rings. The Morgan fingerprint density at radius 1 is 1.59 bits per heavy atom. The van der Waals surface area contributed by atoms with Crippen molar-refractivity contribution >= 4 is 23.3 Å². The Balaban J connectivity index is 2.31. The second-order valence-corrected chi connectivity index (χ2v) is 4.55. The summed E-state index contributed by atoms with van der Waals surface area (Å²) in [4.78, 5) is 27.4. The Morgan fingerprint density at radius 3 is 2.82 bits per heavy atom. The zero-order valence-electron chi connectivity index (χ0n) is 9.77. The minimum absolute atomic E-state index is 0.0553. The van der Waals surface area contributed by atoms with Gasteiger partial charge in [-0.1, -0.05) is 0 Å². The number of carboxylic acid groups (broad SMARTS) is 1. The molecule has 0 saturated carbocycles. The number of aliphatic carboxylic acids is 1. The minimum atomic E-state index is -0.916. The molecule has 7 heteroatoms. The molecule has 0 spiro atoms. The van der Waals surface area contributed by atoms with Gasteiger partial charge < -0.3 is 15.3 Å². The molecule has 0 atom stereocenters. The zero-order valence-corrected chi connectivity index (χ0v) is 10.6. The van der Waals surface area contributed by atoms with Crippen LogP contribution in [0.3, 0.4) is 0 Å². The van der Waals surface area contributed by atoms with Gasteiger partial charge in [0.05, 0.1) is 13.0 Å². The van der Waals surface area contributed by atoms with E-state index in [9.17, 15) is 9.59 Å². The number of hydrogen-bond donors (Lipinski definition) is 2. The van der Waals surface area contributed by atoms with Crippen molar-refractivity contribution in [1.29, 1.82) is 0 Å². The lowest BCUT2D eigenvalue weighted by molar-refractivity contribution is -0.137. The Morgan fingerprint density at radius 2 is 2.29 bits per heavy atom. The third kappa shape index (κ3) is 4.81. The van der Waals surface area contributed by atoms with Crippen molar-refractivity contribution in [2.45, 2.75) is 19.9 Å². The number of rotatable bonds is 5. The summed E-state index contributed by atoms with van der Waals surface area (Å²) in [5.74, 6) is -0.916. The highest BCUT2D eigenvalue weighted by molar-refractivity contribution is 7.09. The summed E-state index contributed by atoms with van der Waals surface area (Å²) in [5.41, 5.74) is 0.929. The third-order valence-electron chi connectivity index (χ3n) is 2.07. The summed E-state index contributed by atoms with van der Waals surface area (Å²) in [6, 6.07) is -0.292. The van der Waals surface area contributed by atoms with E-state index in [-0.39, 0.29) is 19.0 Å². The van der Waals surface area contributed by atoms with E-state index in [4.69, 9.17) is 5.11 Å². The first-order valence-corrected chi connectivity index (χ1v) is 5.98. The second-order valence-electron chi connectivity index (χ2n) is 3.61. The molecule has 0 saturated heterocycles. The number of thiazole rings is 1. The molecule has 2 N–H and O–H groups in total. The van der Waals surface area contributed by atoms with Crippen molar-refractivity contribution in [3.8, 4) is 0 Å². The average Bonchev–Trinajstić information content (AvgIpc) is 2.68. The van der Waals surface area contributed by atoms with Gasteiger partial charge in [-0.25, -0.2) is 9.78 Å². The molecule has 1 aromatic rings. The number of nitrogens with zero attached hydrogens (tertiary/aromatic N) is 2. The van der Waals surface area contributed by atoms with Gasteiger partial charge in [0, 0.05) is 24.7 Å². The smallest absolute Gasteiger partial charge is 0.317 e. The topological polar surface area (TPSA) is 82.5 Å². The van der Waals surface area contributed by atoms with Crippen LogP contribution in [-0.2, 0) is 11.3 Å². The van der Waals surface area contributed by atoms with E-state index in [0.29, 0.717) is 6.54 Å². The monoisotopic (exact) mass is 257 g/mol. The maximum atomic E-state index is 11.5. The molecule has 0 aromatic carbocycles. The van der Waals surface area contributed by atoms with Gasteiger partial charge in [0.25, 0.3) is 0 Å². The van der Waals surface area contributed by atoms with E-state index in [2.05, 4.69) is 10.3 Å². The van der Waals surface area contributed by atoms with Crippen molar-refractivity contribution in [3.63, 3.8) is 0 Å². The largest absolute Gasteiger partial charge is 0.481 e. The molecule has 1 heterocycles. The maximum absolute atomic E-state index is 11.5. The number of carboxylic acids is 1. The molecular formula is C10H15N3O3S. The highest BCUT2D eigenvalue weighted by atomic mass is 32.1. The molecule has 2 amide bonds. The number of aromatic nitrogens is 1. The normalized spacial score (nSPS) is 10.0. The lowest BCUT2D eigenvalue weighted by Gasteiger charge is -2.16. The molecule has 1 aromatic heterocycles. The van der Waals surface area contributed by atoms with Crippen LogP contribution in [0.4, 0.5) is 4.79 Å². The van der Waals surface area contributed by atoms with Gasteiger partial charge in [0.1, 0.15) is 5.01 Å². The number of urea groups is 1. The number of amides is 2. The number of carbonyl (C=O) groups is 2. The van der Waals surface area contributed by atoms with Crippen molar-refractivity contribution in [2.75, 3.05) is 13.6 Å². The highest BCUT2D eigenvalue weighted by Crippen LogP contribution is 2.07. The van der Waals surface area contributed by atoms with E-state index in [1.165, 1.54) is 16.2 Å². The Kier molecular flexibility index (Phi) is 4.89. The van der Waals surface area contributed by atoms with Crippen LogP contribution in [0.1, 0.15) is 17.1 Å². The summed E-state index contributed by atoms with van der Waals surface area (Å²) in [6.07, 6.45) is -0.0553. The molecular weight excluding hydrogens is 242 g/mol. The maximum Gasteiger partial charge on any atom is 0.317 e. The van der Waals surface area contributed by atoms with Crippen LogP contribution in [0.25, 0.3) is 0 Å². The molecule has 1 rings (SSSR count). The lowest BCUT2D eigenvalue weighted by Crippen LogP contribution is -2.37. The number of hydrogen-bond acceptors (Lipinski definition) is 4. The average molecular weight is 257 g/mol. The molecule has 0 aliphatic carbocycles. The van der Waals surface area contributed by atoms with E-state index in [1.807, 2.05) is 12.3 Å². The zero-order chi connectivity index (χ0) is 12.8. The van der Waals surface area contributed by atoms with Gasteiger partial charge in [-0.15, -0.1) is 11.3 Å². The van der Waals surface area contributed by atoms with Gasteiger partial charge >= 0.3 is 12.0 Å². The van der Waals surface area contributed by atoms with Crippen LogP contribution >= 0.6 is 11.3 Å². The van der Waals surface area contributed by atoms with Crippen molar-refractivity contribution in [3.05, 3.63) is 16.1 Å². The number of nitrogens with one attached hydrogen (secondary N) is 1. The molecule has 94 valence electrons. The van der Waals surface area contributed by atoms with Crippen LogP contribution in [0.5, 0.6) is 0 Å². The SMILES string of the molecule is Cc1csc(CNC(=O)N(C)CCC(=O)O)n1. The molecule has 0 fully saturated rings. The molecule has 0 radical (unpaired) electrons. The fraction of sp³-hybridized carbons (Fsp3) is 0.500. The molecule has 0 aliphatic heterocycles. The van der Waals surface area contributed by atoms with Crippen LogP contribution in [-0.4, -0.2) is 40.6 Å². The Bertz CT molecular complexity index is 405. The summed E-state index contributed by atoms with van der Waals surface area (Å²) < 4.78 is 0. The fourth-order valence-electron chi connectivity index (χ4n) is 1.13. The summed E-state index contributed by atoms with van der Waals surface area (Å²) >= 11 is 1.48. The first kappa shape index (κ1) is 13.4. The quantitative estimate of drug-likeness (QED) is 0.826. The van der Waals surface area contributed by atoms with Crippen molar-refractivity contribution < 1.29 is 14.7 Å². The minimum Gasteiger partial charge on any atom is -0.481 e. The fourth-order valence-corrected chi connectivity index (χ4v) is 1.85. The Hall–Kier alpha value is -1.63. The van der Waals surface area contributed by atoms with Gasteiger partial charge in [0.15, 0.2) is 0 Å². The van der Waals surface area contributed by atoms with Gasteiger partial charge in [-0.2, -0.15) is 0 Å². The standard InChI is InChI=1S/C10H15N3O3S/c1-7-6-17-8(12-7)5-11-10(16)13(2)4-3-9(14)15/h6H,3-5H2,1-2H3,(H,11,16)(H,14,15). The van der Waals surface area contributed by atoms with Gasteiger partial charge in [0.2, 0.25) is 0 Å². The van der Waals surface area contributed by atoms with Gasteiger partial charge in [-0.05, 0) is 6.92 Å². The molecule has 6 nitrogen and oxygen atoms in total. The molecule has 0 bridgehead atoms. The van der Waals surface area contributed by atoms with E-state index in [0.717, 1.165) is 10.7 Å². The molecule has 17 heavy (non-hydrogen) atoms. The first-order chi connectivity index (χ1) is 7.99.